The lowest BCUT2D eigenvalue weighted by Crippen LogP contribution is -2.34. The molecule has 0 aliphatic rings. The van der Waals surface area contributed by atoms with E-state index >= 15 is 0 Å². The monoisotopic (exact) mass is 426 g/mol. The van der Waals surface area contributed by atoms with Gasteiger partial charge in [-0.15, -0.1) is 0 Å². The Morgan fingerprint density at radius 3 is 2.13 bits per heavy atom. The Balaban J connectivity index is 1.47. The van der Waals surface area contributed by atoms with Crippen molar-refractivity contribution < 1.29 is 14.1 Å². The molecule has 1 aromatic heterocycles. The molecule has 8 heteroatoms. The molecule has 3 rings (SSSR count). The molecule has 2 aromatic carbocycles. The van der Waals surface area contributed by atoms with Crippen LogP contribution in [0.25, 0.3) is 11.4 Å². The molecule has 30 heavy (non-hydrogen) atoms. The Labute approximate surface area is 179 Å². The lowest BCUT2D eigenvalue weighted by Gasteiger charge is -2.19. The second-order valence-corrected chi connectivity index (χ2v) is 8.21. The summed E-state index contributed by atoms with van der Waals surface area (Å²) in [5, 5.41) is 9.79. The second kappa shape index (κ2) is 9.09. The van der Waals surface area contributed by atoms with Crippen molar-refractivity contribution in [2.75, 3.05) is 13.1 Å². The standard InChI is InChI=1S/C22H23ClN4O3/c1-22(2,3)16-8-4-15(5-9-16)19(28)24-12-13-25-20(29)21-26-18(27-30-21)14-6-10-17(23)11-7-14/h4-11H,12-13H2,1-3H3,(H,24,28)(H,25,29). The van der Waals surface area contributed by atoms with Crippen LogP contribution in [-0.2, 0) is 5.41 Å². The number of nitrogens with one attached hydrogen (secondary N) is 2. The number of rotatable bonds is 6. The van der Waals surface area contributed by atoms with E-state index in [1.54, 1.807) is 36.4 Å². The van der Waals surface area contributed by atoms with E-state index < -0.39 is 5.91 Å². The van der Waals surface area contributed by atoms with Gasteiger partial charge in [-0.05, 0) is 47.4 Å². The number of halogens is 1. The highest BCUT2D eigenvalue weighted by atomic mass is 35.5. The molecule has 3 aromatic rings. The van der Waals surface area contributed by atoms with Crippen LogP contribution in [0.15, 0.2) is 53.1 Å². The smallest absolute Gasteiger partial charge is 0.316 e. The molecule has 2 N–H and O–H groups in total. The minimum atomic E-state index is -0.508. The summed E-state index contributed by atoms with van der Waals surface area (Å²) < 4.78 is 5.00. The van der Waals surface area contributed by atoms with Crippen molar-refractivity contribution in [1.29, 1.82) is 0 Å². The molecular formula is C22H23ClN4O3. The fraction of sp³-hybridized carbons (Fsp3) is 0.273. The van der Waals surface area contributed by atoms with Crippen LogP contribution in [0.1, 0.15) is 47.4 Å². The summed E-state index contributed by atoms with van der Waals surface area (Å²) in [6.07, 6.45) is 0. The molecule has 156 valence electrons. The highest BCUT2D eigenvalue weighted by Crippen LogP contribution is 2.22. The number of hydrogen-bond donors (Lipinski definition) is 2. The molecule has 0 bridgehead atoms. The maximum Gasteiger partial charge on any atom is 0.316 e. The third-order valence-corrected chi connectivity index (χ3v) is 4.68. The maximum atomic E-state index is 12.2. The first kappa shape index (κ1) is 21.5. The molecule has 1 heterocycles. The van der Waals surface area contributed by atoms with E-state index in [9.17, 15) is 9.59 Å². The van der Waals surface area contributed by atoms with Crippen molar-refractivity contribution in [2.24, 2.45) is 0 Å². The van der Waals surface area contributed by atoms with Crippen LogP contribution in [0.3, 0.4) is 0 Å². The first-order valence-electron chi connectivity index (χ1n) is 9.50. The van der Waals surface area contributed by atoms with Gasteiger partial charge >= 0.3 is 11.8 Å². The summed E-state index contributed by atoms with van der Waals surface area (Å²) in [6.45, 7) is 6.85. The zero-order chi connectivity index (χ0) is 21.7. The Kier molecular flexibility index (Phi) is 6.52. The summed E-state index contributed by atoms with van der Waals surface area (Å²) >= 11 is 5.85. The average molecular weight is 427 g/mol. The van der Waals surface area contributed by atoms with Gasteiger partial charge in [0.25, 0.3) is 5.91 Å². The topological polar surface area (TPSA) is 97.1 Å². The highest BCUT2D eigenvalue weighted by Gasteiger charge is 2.16. The van der Waals surface area contributed by atoms with Gasteiger partial charge in [0.15, 0.2) is 0 Å². The molecule has 0 radical (unpaired) electrons. The zero-order valence-electron chi connectivity index (χ0n) is 17.0. The van der Waals surface area contributed by atoms with E-state index in [2.05, 4.69) is 41.5 Å². The fourth-order valence-corrected chi connectivity index (χ4v) is 2.81. The van der Waals surface area contributed by atoms with E-state index in [0.29, 0.717) is 22.0 Å². The van der Waals surface area contributed by atoms with Gasteiger partial charge in [-0.25, -0.2) is 0 Å². The zero-order valence-corrected chi connectivity index (χ0v) is 17.8. The molecule has 0 fully saturated rings. The van der Waals surface area contributed by atoms with Gasteiger partial charge < -0.3 is 15.2 Å². The third kappa shape index (κ3) is 5.45. The lowest BCUT2D eigenvalue weighted by molar-refractivity contribution is 0.0898. The number of aromatic nitrogens is 2. The van der Waals surface area contributed by atoms with Gasteiger partial charge in [0, 0.05) is 29.2 Å². The molecule has 0 atom stereocenters. The van der Waals surface area contributed by atoms with Crippen LogP contribution < -0.4 is 10.6 Å². The molecular weight excluding hydrogens is 404 g/mol. The molecule has 2 amide bonds. The van der Waals surface area contributed by atoms with Crippen LogP contribution in [0.2, 0.25) is 5.02 Å². The third-order valence-electron chi connectivity index (χ3n) is 4.43. The van der Waals surface area contributed by atoms with E-state index in [1.165, 1.54) is 0 Å². The lowest BCUT2D eigenvalue weighted by atomic mass is 9.87. The Bertz CT molecular complexity index is 1020. The SMILES string of the molecule is CC(C)(C)c1ccc(C(=O)NCCNC(=O)c2nc(-c3ccc(Cl)cc3)no2)cc1. The van der Waals surface area contributed by atoms with Gasteiger partial charge in [-0.1, -0.05) is 49.7 Å². The van der Waals surface area contributed by atoms with Crippen LogP contribution in [0, 0.1) is 0 Å². The van der Waals surface area contributed by atoms with Crippen LogP contribution in [0.4, 0.5) is 0 Å². The normalized spacial score (nSPS) is 11.2. The van der Waals surface area contributed by atoms with Crippen molar-refractivity contribution in [3.63, 3.8) is 0 Å². The van der Waals surface area contributed by atoms with Crippen molar-refractivity contribution in [3.8, 4) is 11.4 Å². The summed E-state index contributed by atoms with van der Waals surface area (Å²) in [4.78, 5) is 28.5. The van der Waals surface area contributed by atoms with Crippen LogP contribution in [0.5, 0.6) is 0 Å². The van der Waals surface area contributed by atoms with Crippen molar-refractivity contribution in [1.82, 2.24) is 20.8 Å². The summed E-state index contributed by atoms with van der Waals surface area (Å²) in [5.74, 6) is -0.563. The second-order valence-electron chi connectivity index (χ2n) is 7.77. The molecule has 0 spiro atoms. The van der Waals surface area contributed by atoms with E-state index in [-0.39, 0.29) is 30.3 Å². The number of carbonyl (C=O) groups is 2. The number of hydrogen-bond acceptors (Lipinski definition) is 5. The van der Waals surface area contributed by atoms with Crippen molar-refractivity contribution >= 4 is 23.4 Å². The summed E-state index contributed by atoms with van der Waals surface area (Å²) in [7, 11) is 0. The van der Waals surface area contributed by atoms with E-state index in [0.717, 1.165) is 5.56 Å². The minimum Gasteiger partial charge on any atom is -0.350 e. The Hall–Kier alpha value is -3.19. The van der Waals surface area contributed by atoms with Gasteiger partial charge in [-0.3, -0.25) is 9.59 Å². The minimum absolute atomic E-state index is 0.0292. The van der Waals surface area contributed by atoms with Crippen LogP contribution >= 0.6 is 11.6 Å². The molecule has 0 saturated heterocycles. The Morgan fingerprint density at radius 2 is 1.53 bits per heavy atom. The average Bonchev–Trinajstić information content (AvgIpc) is 3.21. The molecule has 0 saturated carbocycles. The van der Waals surface area contributed by atoms with Gasteiger partial charge in [0.1, 0.15) is 0 Å². The van der Waals surface area contributed by atoms with Crippen molar-refractivity contribution in [3.05, 3.63) is 70.6 Å². The number of nitrogens with zero attached hydrogens (tertiary/aromatic N) is 2. The highest BCUT2D eigenvalue weighted by molar-refractivity contribution is 6.30. The molecule has 7 nitrogen and oxygen atoms in total. The Morgan fingerprint density at radius 1 is 0.933 bits per heavy atom. The van der Waals surface area contributed by atoms with Gasteiger partial charge in [0.05, 0.1) is 0 Å². The largest absolute Gasteiger partial charge is 0.350 e. The van der Waals surface area contributed by atoms with Gasteiger partial charge in [-0.2, -0.15) is 4.98 Å². The van der Waals surface area contributed by atoms with E-state index in [1.807, 2.05) is 12.1 Å². The first-order chi connectivity index (χ1) is 14.2. The van der Waals surface area contributed by atoms with Crippen molar-refractivity contribution in [2.45, 2.75) is 26.2 Å². The van der Waals surface area contributed by atoms with E-state index in [4.69, 9.17) is 16.1 Å². The predicted octanol–water partition coefficient (Wildman–Crippen LogP) is 3.85. The molecule has 0 aliphatic carbocycles. The molecule has 0 aliphatic heterocycles. The maximum absolute atomic E-state index is 12.2. The van der Waals surface area contributed by atoms with Gasteiger partial charge in [0.2, 0.25) is 5.82 Å². The first-order valence-corrected chi connectivity index (χ1v) is 9.88. The van der Waals surface area contributed by atoms with Crippen LogP contribution in [-0.4, -0.2) is 35.0 Å². The number of amides is 2. The predicted molar refractivity (Wildman–Crippen MR) is 115 cm³/mol. The number of benzene rings is 2. The summed E-state index contributed by atoms with van der Waals surface area (Å²) in [6, 6.07) is 14.4. The number of carbonyl (C=O) groups excluding carboxylic acids is 2. The quantitative estimate of drug-likeness (QED) is 0.583. The molecule has 0 unspecified atom stereocenters. The summed E-state index contributed by atoms with van der Waals surface area (Å²) in [5.41, 5.74) is 2.44. The fourth-order valence-electron chi connectivity index (χ4n) is 2.68.